The molecule has 2 aromatic rings. The van der Waals surface area contributed by atoms with Gasteiger partial charge in [-0.25, -0.2) is 0 Å². The zero-order valence-corrected chi connectivity index (χ0v) is 14.3. The van der Waals surface area contributed by atoms with Crippen LogP contribution in [0.5, 0.6) is 0 Å². The molecule has 2 rings (SSSR count). The molecule has 0 spiro atoms. The summed E-state index contributed by atoms with van der Waals surface area (Å²) in [5.41, 5.74) is 0.583. The molecule has 0 fully saturated rings. The number of nitriles is 1. The zero-order chi connectivity index (χ0) is 17.7. The van der Waals surface area contributed by atoms with Gasteiger partial charge in [-0.2, -0.15) is 5.26 Å². The number of hydrogen-bond donors (Lipinski definition) is 1. The van der Waals surface area contributed by atoms with Gasteiger partial charge in [0.1, 0.15) is 11.6 Å². The Bertz CT molecular complexity index is 890. The number of anilines is 1. The van der Waals surface area contributed by atoms with Crippen LogP contribution in [0.1, 0.15) is 5.56 Å². The minimum Gasteiger partial charge on any atom is -0.320 e. The van der Waals surface area contributed by atoms with Crippen LogP contribution < -0.4 is 5.32 Å². The summed E-state index contributed by atoms with van der Waals surface area (Å²) in [6.45, 7) is 0. The van der Waals surface area contributed by atoms with Gasteiger partial charge < -0.3 is 5.32 Å². The van der Waals surface area contributed by atoms with Gasteiger partial charge in [-0.1, -0.05) is 29.8 Å². The normalized spacial score (nSPS) is 10.8. The fourth-order valence-corrected chi connectivity index (χ4v) is 2.46. The second kappa shape index (κ2) is 7.73. The predicted octanol–water partition coefficient (Wildman–Crippen LogP) is 4.56. The standard InChI is InChI=1S/C16H9BrClN3O3/c17-13-8-12(21(23)24)5-6-15(13)20-16(22)11(9-19)7-10-3-1-2-4-14(10)18/h1-8H,(H,20,22)/b11-7-. The average Bonchev–Trinajstić information content (AvgIpc) is 2.55. The summed E-state index contributed by atoms with van der Waals surface area (Å²) in [5, 5.41) is 22.8. The van der Waals surface area contributed by atoms with Gasteiger partial charge in [0.2, 0.25) is 0 Å². The fraction of sp³-hybridized carbons (Fsp3) is 0. The number of non-ortho nitro benzene ring substituents is 1. The topological polar surface area (TPSA) is 96.0 Å². The number of nitro benzene ring substituents is 1. The van der Waals surface area contributed by atoms with Crippen molar-refractivity contribution in [3.05, 3.63) is 73.2 Å². The summed E-state index contributed by atoms with van der Waals surface area (Å²) in [5.74, 6) is -0.646. The van der Waals surface area contributed by atoms with E-state index in [2.05, 4.69) is 21.2 Å². The Balaban J connectivity index is 2.26. The van der Waals surface area contributed by atoms with Gasteiger partial charge in [0, 0.05) is 21.6 Å². The molecule has 0 atom stereocenters. The predicted molar refractivity (Wildman–Crippen MR) is 94.5 cm³/mol. The van der Waals surface area contributed by atoms with Crippen molar-refractivity contribution in [1.29, 1.82) is 5.26 Å². The molecule has 0 bridgehead atoms. The van der Waals surface area contributed by atoms with Crippen LogP contribution in [0.2, 0.25) is 5.02 Å². The maximum absolute atomic E-state index is 12.2. The summed E-state index contributed by atoms with van der Waals surface area (Å²) < 4.78 is 0.333. The van der Waals surface area contributed by atoms with Crippen molar-refractivity contribution >= 4 is 50.9 Å². The maximum atomic E-state index is 12.2. The van der Waals surface area contributed by atoms with Crippen molar-refractivity contribution < 1.29 is 9.72 Å². The minimum atomic E-state index is -0.646. The van der Waals surface area contributed by atoms with E-state index in [1.54, 1.807) is 24.3 Å². The Morgan fingerprint density at radius 3 is 2.62 bits per heavy atom. The van der Waals surface area contributed by atoms with E-state index in [9.17, 15) is 20.2 Å². The Kier molecular flexibility index (Phi) is 5.68. The van der Waals surface area contributed by atoms with E-state index < -0.39 is 10.8 Å². The van der Waals surface area contributed by atoms with Gasteiger partial charge in [-0.15, -0.1) is 0 Å². The molecule has 6 nitrogen and oxygen atoms in total. The highest BCUT2D eigenvalue weighted by Gasteiger charge is 2.14. The molecule has 0 heterocycles. The van der Waals surface area contributed by atoms with Crippen molar-refractivity contribution in [3.8, 4) is 6.07 Å². The molecule has 1 amide bonds. The lowest BCUT2D eigenvalue weighted by Crippen LogP contribution is -2.14. The van der Waals surface area contributed by atoms with Crippen molar-refractivity contribution in [3.63, 3.8) is 0 Å². The molecule has 0 saturated heterocycles. The van der Waals surface area contributed by atoms with E-state index in [0.717, 1.165) is 0 Å². The first-order chi connectivity index (χ1) is 11.4. The molecule has 8 heteroatoms. The molecular weight excluding hydrogens is 398 g/mol. The van der Waals surface area contributed by atoms with Crippen LogP contribution in [0.3, 0.4) is 0 Å². The van der Waals surface area contributed by atoms with Gasteiger partial charge >= 0.3 is 0 Å². The van der Waals surface area contributed by atoms with E-state index in [0.29, 0.717) is 20.7 Å². The lowest BCUT2D eigenvalue weighted by molar-refractivity contribution is -0.384. The summed E-state index contributed by atoms with van der Waals surface area (Å²) in [7, 11) is 0. The second-order valence-electron chi connectivity index (χ2n) is 4.57. The number of hydrogen-bond acceptors (Lipinski definition) is 4. The lowest BCUT2D eigenvalue weighted by Gasteiger charge is -2.07. The maximum Gasteiger partial charge on any atom is 0.270 e. The van der Waals surface area contributed by atoms with Crippen molar-refractivity contribution in [2.45, 2.75) is 0 Å². The monoisotopic (exact) mass is 405 g/mol. The highest BCUT2D eigenvalue weighted by molar-refractivity contribution is 9.10. The van der Waals surface area contributed by atoms with Crippen molar-refractivity contribution in [1.82, 2.24) is 0 Å². The van der Waals surface area contributed by atoms with Crippen LogP contribution in [0.25, 0.3) is 6.08 Å². The van der Waals surface area contributed by atoms with Gasteiger partial charge in [0.05, 0.1) is 10.6 Å². The van der Waals surface area contributed by atoms with E-state index in [1.165, 1.54) is 24.3 Å². The van der Waals surface area contributed by atoms with Crippen molar-refractivity contribution in [2.24, 2.45) is 0 Å². The average molecular weight is 407 g/mol. The third-order valence-electron chi connectivity index (χ3n) is 2.98. The van der Waals surface area contributed by atoms with Crippen LogP contribution >= 0.6 is 27.5 Å². The molecule has 1 N–H and O–H groups in total. The number of rotatable bonds is 4. The summed E-state index contributed by atoms with van der Waals surface area (Å²) in [6.07, 6.45) is 1.37. The molecule has 24 heavy (non-hydrogen) atoms. The SMILES string of the molecule is N#C/C(=C/c1ccccc1Cl)C(=O)Nc1ccc([N+](=O)[O-])cc1Br. The van der Waals surface area contributed by atoms with Crippen molar-refractivity contribution in [2.75, 3.05) is 5.32 Å². The fourth-order valence-electron chi connectivity index (χ4n) is 1.80. The van der Waals surface area contributed by atoms with Crippen LogP contribution in [-0.2, 0) is 4.79 Å². The van der Waals surface area contributed by atoms with Crippen LogP contribution in [0.15, 0.2) is 52.5 Å². The molecule has 0 radical (unpaired) electrons. The molecular formula is C16H9BrClN3O3. The second-order valence-corrected chi connectivity index (χ2v) is 5.83. The molecule has 0 aliphatic heterocycles. The molecule has 0 aromatic heterocycles. The number of halogens is 2. The van der Waals surface area contributed by atoms with Gasteiger partial charge in [0.25, 0.3) is 11.6 Å². The molecule has 0 aliphatic rings. The number of carbonyl (C=O) groups is 1. The van der Waals surface area contributed by atoms with E-state index in [1.807, 2.05) is 6.07 Å². The first kappa shape index (κ1) is 17.7. The third-order valence-corrected chi connectivity index (χ3v) is 3.98. The minimum absolute atomic E-state index is 0.119. The third kappa shape index (κ3) is 4.19. The number of nitro groups is 1. The summed E-state index contributed by atoms with van der Waals surface area (Å²) in [4.78, 5) is 22.4. The Morgan fingerprint density at radius 2 is 2.04 bits per heavy atom. The van der Waals surface area contributed by atoms with E-state index in [4.69, 9.17) is 11.6 Å². The number of benzene rings is 2. The molecule has 0 saturated carbocycles. The quantitative estimate of drug-likeness (QED) is 0.348. The van der Waals surface area contributed by atoms with Gasteiger partial charge in [0.15, 0.2) is 0 Å². The van der Waals surface area contributed by atoms with E-state index >= 15 is 0 Å². The Hall–Kier alpha value is -2.69. The van der Waals surface area contributed by atoms with Crippen LogP contribution in [0.4, 0.5) is 11.4 Å². The number of carbonyl (C=O) groups excluding carboxylic acids is 1. The summed E-state index contributed by atoms with van der Waals surface area (Å²) in [6, 6.07) is 12.5. The van der Waals surface area contributed by atoms with Gasteiger partial charge in [-0.05, 0) is 39.7 Å². The van der Waals surface area contributed by atoms with Crippen LogP contribution in [0, 0.1) is 21.4 Å². The Morgan fingerprint density at radius 1 is 1.33 bits per heavy atom. The smallest absolute Gasteiger partial charge is 0.270 e. The number of amides is 1. The molecule has 0 aliphatic carbocycles. The highest BCUT2D eigenvalue weighted by atomic mass is 79.9. The first-order valence-corrected chi connectivity index (χ1v) is 7.71. The largest absolute Gasteiger partial charge is 0.320 e. The van der Waals surface area contributed by atoms with E-state index in [-0.39, 0.29) is 11.3 Å². The molecule has 2 aromatic carbocycles. The number of nitrogens with one attached hydrogen (secondary N) is 1. The molecule has 120 valence electrons. The summed E-state index contributed by atoms with van der Waals surface area (Å²) >= 11 is 9.16. The number of nitrogens with zero attached hydrogens (tertiary/aromatic N) is 2. The first-order valence-electron chi connectivity index (χ1n) is 6.54. The Labute approximate surface area is 150 Å². The molecule has 0 unspecified atom stereocenters. The highest BCUT2D eigenvalue weighted by Crippen LogP contribution is 2.27. The zero-order valence-electron chi connectivity index (χ0n) is 12.0. The lowest BCUT2D eigenvalue weighted by atomic mass is 10.1. The van der Waals surface area contributed by atoms with Crippen LogP contribution in [-0.4, -0.2) is 10.8 Å². The van der Waals surface area contributed by atoms with Gasteiger partial charge in [-0.3, -0.25) is 14.9 Å².